The van der Waals surface area contributed by atoms with Crippen LogP contribution in [0.15, 0.2) is 18.2 Å². The maximum atomic E-state index is 13.4. The molecule has 2 rings (SSSR count). The lowest BCUT2D eigenvalue weighted by Gasteiger charge is -2.08. The van der Waals surface area contributed by atoms with E-state index < -0.39 is 0 Å². The van der Waals surface area contributed by atoms with E-state index in [-0.39, 0.29) is 11.6 Å². The Labute approximate surface area is 98.1 Å². The molecule has 86 valence electrons. The first-order valence-corrected chi connectivity index (χ1v) is 5.07. The minimum atomic E-state index is -0.325. The summed E-state index contributed by atoms with van der Waals surface area (Å²) in [4.78, 5) is 0. The van der Waals surface area contributed by atoms with Crippen molar-refractivity contribution in [3.63, 3.8) is 0 Å². The van der Waals surface area contributed by atoms with Gasteiger partial charge in [0.2, 0.25) is 0 Å². The Balaban J connectivity index is 2.70. The van der Waals surface area contributed by atoms with Crippen molar-refractivity contribution in [2.75, 3.05) is 5.73 Å². The molecule has 0 fully saturated rings. The fraction of sp³-hybridized carbons (Fsp3) is 0.167. The van der Waals surface area contributed by atoms with Gasteiger partial charge in [0.1, 0.15) is 23.3 Å². The molecule has 0 amide bonds. The predicted molar refractivity (Wildman–Crippen MR) is 62.1 cm³/mol. The maximum Gasteiger partial charge on any atom is 0.145 e. The Morgan fingerprint density at radius 2 is 2.12 bits per heavy atom. The molecule has 0 saturated carbocycles. The summed E-state index contributed by atoms with van der Waals surface area (Å²) >= 11 is 0. The number of anilines is 1. The van der Waals surface area contributed by atoms with E-state index in [4.69, 9.17) is 11.0 Å². The van der Waals surface area contributed by atoms with Crippen LogP contribution in [0, 0.1) is 31.0 Å². The number of hydrogen-bond acceptors (Lipinski definition) is 3. The quantitative estimate of drug-likeness (QED) is 0.815. The fourth-order valence-corrected chi connectivity index (χ4v) is 1.69. The third kappa shape index (κ3) is 1.64. The predicted octanol–water partition coefficient (Wildman–Crippen LogP) is 2.08. The zero-order valence-corrected chi connectivity index (χ0v) is 9.53. The van der Waals surface area contributed by atoms with E-state index in [0.29, 0.717) is 22.5 Å². The molecule has 2 aromatic rings. The van der Waals surface area contributed by atoms with Crippen LogP contribution in [0.4, 0.5) is 10.2 Å². The molecule has 2 N–H and O–H groups in total. The van der Waals surface area contributed by atoms with E-state index in [0.717, 1.165) is 0 Å². The van der Waals surface area contributed by atoms with Crippen LogP contribution in [0.2, 0.25) is 0 Å². The molecule has 0 aliphatic carbocycles. The molecular weight excluding hydrogens is 219 g/mol. The number of aryl methyl sites for hydroxylation is 1. The van der Waals surface area contributed by atoms with Crippen molar-refractivity contribution in [1.82, 2.24) is 9.78 Å². The summed E-state index contributed by atoms with van der Waals surface area (Å²) in [5.74, 6) is -0.0905. The molecule has 1 aromatic heterocycles. The molecular formula is C12H11FN4. The second kappa shape index (κ2) is 3.91. The Bertz CT molecular complexity index is 622. The third-order valence-electron chi connectivity index (χ3n) is 2.68. The van der Waals surface area contributed by atoms with Gasteiger partial charge in [-0.1, -0.05) is 6.07 Å². The van der Waals surface area contributed by atoms with E-state index in [1.807, 2.05) is 6.07 Å². The maximum absolute atomic E-state index is 13.4. The number of hydrogen-bond donors (Lipinski definition) is 1. The summed E-state index contributed by atoms with van der Waals surface area (Å²) in [6, 6.07) is 6.65. The van der Waals surface area contributed by atoms with Gasteiger partial charge in [0, 0.05) is 5.56 Å². The minimum Gasteiger partial charge on any atom is -0.382 e. The molecule has 5 heteroatoms. The summed E-state index contributed by atoms with van der Waals surface area (Å²) in [6.45, 7) is 3.34. The standard InChI is InChI=1S/C12H11FN4/c1-7-10(13)4-3-5-11(7)17-12(15)9(6-14)8(2)16-17/h3-5H,15H2,1-2H3. The molecule has 0 radical (unpaired) electrons. The largest absolute Gasteiger partial charge is 0.382 e. The molecule has 0 saturated heterocycles. The minimum absolute atomic E-state index is 0.235. The van der Waals surface area contributed by atoms with Crippen LogP contribution >= 0.6 is 0 Å². The van der Waals surface area contributed by atoms with E-state index in [2.05, 4.69) is 5.10 Å². The van der Waals surface area contributed by atoms with E-state index in [1.165, 1.54) is 10.7 Å². The van der Waals surface area contributed by atoms with Crippen LogP contribution in [0.1, 0.15) is 16.8 Å². The summed E-state index contributed by atoms with van der Waals surface area (Å²) in [5, 5.41) is 13.1. The summed E-state index contributed by atoms with van der Waals surface area (Å²) in [6.07, 6.45) is 0. The highest BCUT2D eigenvalue weighted by Gasteiger charge is 2.15. The number of nitrogens with zero attached hydrogens (tertiary/aromatic N) is 3. The van der Waals surface area contributed by atoms with Crippen LogP contribution in [-0.4, -0.2) is 9.78 Å². The van der Waals surface area contributed by atoms with Gasteiger partial charge in [0.05, 0.1) is 11.4 Å². The van der Waals surface area contributed by atoms with Crippen LogP contribution in [0.5, 0.6) is 0 Å². The van der Waals surface area contributed by atoms with Crippen LogP contribution < -0.4 is 5.73 Å². The van der Waals surface area contributed by atoms with Crippen LogP contribution in [0.25, 0.3) is 5.69 Å². The van der Waals surface area contributed by atoms with Gasteiger partial charge in [-0.15, -0.1) is 0 Å². The first-order valence-electron chi connectivity index (χ1n) is 5.07. The van der Waals surface area contributed by atoms with Gasteiger partial charge in [-0.25, -0.2) is 9.07 Å². The van der Waals surface area contributed by atoms with E-state index in [9.17, 15) is 4.39 Å². The monoisotopic (exact) mass is 230 g/mol. The normalized spacial score (nSPS) is 10.2. The van der Waals surface area contributed by atoms with Gasteiger partial charge in [-0.2, -0.15) is 10.4 Å². The highest BCUT2D eigenvalue weighted by atomic mass is 19.1. The second-order valence-corrected chi connectivity index (χ2v) is 3.75. The first-order chi connectivity index (χ1) is 8.06. The van der Waals surface area contributed by atoms with Crippen molar-refractivity contribution >= 4 is 5.82 Å². The lowest BCUT2D eigenvalue weighted by molar-refractivity contribution is 0.615. The molecule has 0 atom stereocenters. The number of nitrogen functional groups attached to an aromatic ring is 1. The average Bonchev–Trinajstić information content (AvgIpc) is 2.58. The Morgan fingerprint density at radius 1 is 1.41 bits per heavy atom. The molecule has 0 aliphatic rings. The molecule has 4 nitrogen and oxygen atoms in total. The van der Waals surface area contributed by atoms with Crippen molar-refractivity contribution in [1.29, 1.82) is 5.26 Å². The number of halogens is 1. The number of aromatic nitrogens is 2. The number of nitrogens with two attached hydrogens (primary N) is 1. The van der Waals surface area contributed by atoms with Gasteiger partial charge in [-0.3, -0.25) is 0 Å². The number of nitriles is 1. The lowest BCUT2D eigenvalue weighted by atomic mass is 10.2. The van der Waals surface area contributed by atoms with Gasteiger partial charge in [0.25, 0.3) is 0 Å². The summed E-state index contributed by atoms with van der Waals surface area (Å²) in [5.41, 5.74) is 7.68. The van der Waals surface area contributed by atoms with Gasteiger partial charge in [-0.05, 0) is 26.0 Å². The van der Waals surface area contributed by atoms with Crippen molar-refractivity contribution in [3.05, 3.63) is 40.8 Å². The molecule has 17 heavy (non-hydrogen) atoms. The van der Waals surface area contributed by atoms with Gasteiger partial charge in [0.15, 0.2) is 0 Å². The van der Waals surface area contributed by atoms with Crippen LogP contribution in [0.3, 0.4) is 0 Å². The van der Waals surface area contributed by atoms with E-state index >= 15 is 0 Å². The Morgan fingerprint density at radius 3 is 2.71 bits per heavy atom. The molecule has 1 aromatic carbocycles. The average molecular weight is 230 g/mol. The highest BCUT2D eigenvalue weighted by Crippen LogP contribution is 2.23. The Kier molecular flexibility index (Phi) is 2.56. The highest BCUT2D eigenvalue weighted by molar-refractivity contribution is 5.57. The number of rotatable bonds is 1. The zero-order valence-electron chi connectivity index (χ0n) is 9.53. The van der Waals surface area contributed by atoms with Crippen molar-refractivity contribution in [3.8, 4) is 11.8 Å². The Hall–Kier alpha value is -2.35. The lowest BCUT2D eigenvalue weighted by Crippen LogP contribution is -2.05. The van der Waals surface area contributed by atoms with Gasteiger partial charge < -0.3 is 5.73 Å². The number of benzene rings is 1. The van der Waals surface area contributed by atoms with Gasteiger partial charge >= 0.3 is 0 Å². The third-order valence-corrected chi connectivity index (χ3v) is 2.68. The topological polar surface area (TPSA) is 67.6 Å². The first kappa shape index (κ1) is 11.1. The fourth-order valence-electron chi connectivity index (χ4n) is 1.69. The smallest absolute Gasteiger partial charge is 0.145 e. The molecule has 0 unspecified atom stereocenters. The van der Waals surface area contributed by atoms with E-state index in [1.54, 1.807) is 26.0 Å². The molecule has 1 heterocycles. The molecule has 0 bridgehead atoms. The zero-order chi connectivity index (χ0) is 12.6. The summed E-state index contributed by atoms with van der Waals surface area (Å²) < 4.78 is 14.8. The summed E-state index contributed by atoms with van der Waals surface area (Å²) in [7, 11) is 0. The molecule has 0 spiro atoms. The van der Waals surface area contributed by atoms with Crippen molar-refractivity contribution in [2.45, 2.75) is 13.8 Å². The molecule has 0 aliphatic heterocycles. The van der Waals surface area contributed by atoms with Crippen molar-refractivity contribution < 1.29 is 4.39 Å². The SMILES string of the molecule is Cc1nn(-c2cccc(F)c2C)c(N)c1C#N. The van der Waals surface area contributed by atoms with Crippen molar-refractivity contribution in [2.24, 2.45) is 0 Å². The second-order valence-electron chi connectivity index (χ2n) is 3.75. The van der Waals surface area contributed by atoms with Crippen LogP contribution in [-0.2, 0) is 0 Å².